The number of esters is 1. The highest BCUT2D eigenvalue weighted by Crippen LogP contribution is 2.41. The molecule has 0 radical (unpaired) electrons. The van der Waals surface area contributed by atoms with E-state index in [0.29, 0.717) is 13.0 Å². The molecule has 1 unspecified atom stereocenters. The second-order valence-electron chi connectivity index (χ2n) is 5.72. The maximum absolute atomic E-state index is 12.5. The van der Waals surface area contributed by atoms with Crippen molar-refractivity contribution >= 4 is 11.9 Å². The maximum Gasteiger partial charge on any atom is 0.309 e. The van der Waals surface area contributed by atoms with E-state index in [0.717, 1.165) is 12.0 Å². The molecule has 0 spiro atoms. The maximum atomic E-state index is 12.5. The van der Waals surface area contributed by atoms with Gasteiger partial charge in [0, 0.05) is 14.2 Å². The third-order valence-electron chi connectivity index (χ3n) is 4.18. The fraction of sp³-hybridized carbons (Fsp3) is 0.529. The third kappa shape index (κ3) is 3.85. The first-order valence-electron chi connectivity index (χ1n) is 7.45. The number of likely N-dealkylation sites (N-methyl/N-ethyl adjacent to an activating group) is 1. The Labute approximate surface area is 131 Å². The van der Waals surface area contributed by atoms with Gasteiger partial charge in [0.05, 0.1) is 31.6 Å². The third-order valence-corrected chi connectivity index (χ3v) is 4.18. The van der Waals surface area contributed by atoms with Gasteiger partial charge in [-0.1, -0.05) is 30.3 Å². The van der Waals surface area contributed by atoms with Crippen molar-refractivity contribution in [2.24, 2.45) is 11.8 Å². The van der Waals surface area contributed by atoms with E-state index in [1.54, 1.807) is 19.1 Å². The molecule has 5 nitrogen and oxygen atoms in total. The summed E-state index contributed by atoms with van der Waals surface area (Å²) in [7, 11) is 4.77. The Morgan fingerprint density at radius 3 is 2.50 bits per heavy atom. The average Bonchev–Trinajstić information content (AvgIpc) is 3.34. The smallest absolute Gasteiger partial charge is 0.309 e. The van der Waals surface area contributed by atoms with Crippen LogP contribution in [0.3, 0.4) is 0 Å². The number of hydrogen-bond donors (Lipinski definition) is 0. The summed E-state index contributed by atoms with van der Waals surface area (Å²) >= 11 is 0. The summed E-state index contributed by atoms with van der Waals surface area (Å²) in [6, 6.07) is 9.96. The predicted molar refractivity (Wildman–Crippen MR) is 82.2 cm³/mol. The number of ether oxygens (including phenoxy) is 2. The van der Waals surface area contributed by atoms with Gasteiger partial charge in [-0.2, -0.15) is 0 Å². The first-order valence-corrected chi connectivity index (χ1v) is 7.45. The number of carbonyl (C=O) groups excluding carboxylic acids is 2. The molecule has 0 saturated heterocycles. The molecule has 0 heterocycles. The number of nitrogens with zero attached hydrogens (tertiary/aromatic N) is 1. The minimum atomic E-state index is -0.293. The minimum absolute atomic E-state index is 0.00613. The lowest BCUT2D eigenvalue weighted by Gasteiger charge is -2.28. The Kier molecular flexibility index (Phi) is 5.55. The zero-order valence-electron chi connectivity index (χ0n) is 13.3. The number of hydrogen-bond acceptors (Lipinski definition) is 4. The molecule has 1 aromatic rings. The molecule has 120 valence electrons. The highest BCUT2D eigenvalue weighted by atomic mass is 16.5. The molecule has 1 aromatic carbocycles. The van der Waals surface area contributed by atoms with Crippen LogP contribution >= 0.6 is 0 Å². The standard InChI is InChI=1S/C17H23NO4/c1-18(16(19)14-10-15(14)17(20)22-3)13(11-21-2)9-12-7-5-4-6-8-12/h4-8,13-15H,9-11H2,1-3H3/t13?,14-,15+/m1/s1. The summed E-state index contributed by atoms with van der Waals surface area (Å²) in [6.07, 6.45) is 1.31. The molecule has 1 aliphatic rings. The topological polar surface area (TPSA) is 55.8 Å². The predicted octanol–water partition coefficient (Wildman–Crippen LogP) is 1.51. The van der Waals surface area contributed by atoms with Crippen LogP contribution in [0.4, 0.5) is 0 Å². The average molecular weight is 305 g/mol. The highest BCUT2D eigenvalue weighted by Gasteiger charge is 2.50. The Bertz CT molecular complexity index is 517. The van der Waals surface area contributed by atoms with Crippen molar-refractivity contribution in [3.63, 3.8) is 0 Å². The summed E-state index contributed by atoms with van der Waals surface area (Å²) < 4.78 is 9.96. The monoisotopic (exact) mass is 305 g/mol. The molecular formula is C17H23NO4. The number of amides is 1. The number of methoxy groups -OCH3 is 2. The SMILES string of the molecule is COCC(Cc1ccccc1)N(C)C(=O)[C@@H]1C[C@@H]1C(=O)OC. The van der Waals surface area contributed by atoms with E-state index < -0.39 is 0 Å². The fourth-order valence-corrected chi connectivity index (χ4v) is 2.71. The van der Waals surface area contributed by atoms with E-state index in [2.05, 4.69) is 0 Å². The van der Waals surface area contributed by atoms with Gasteiger partial charge in [-0.25, -0.2) is 0 Å². The van der Waals surface area contributed by atoms with Crippen LogP contribution in [0, 0.1) is 11.8 Å². The van der Waals surface area contributed by atoms with Gasteiger partial charge in [0.2, 0.25) is 5.91 Å². The van der Waals surface area contributed by atoms with Crippen LogP contribution in [0.5, 0.6) is 0 Å². The highest BCUT2D eigenvalue weighted by molar-refractivity contribution is 5.90. The summed E-state index contributed by atoms with van der Waals surface area (Å²) in [5.41, 5.74) is 1.16. The summed E-state index contributed by atoms with van der Waals surface area (Å²) in [5, 5.41) is 0. The van der Waals surface area contributed by atoms with Crippen molar-refractivity contribution in [1.82, 2.24) is 4.90 Å². The van der Waals surface area contributed by atoms with Crippen molar-refractivity contribution in [2.45, 2.75) is 18.9 Å². The summed E-state index contributed by atoms with van der Waals surface area (Å²) in [5.74, 6) is -0.820. The van der Waals surface area contributed by atoms with Crippen LogP contribution in [0.25, 0.3) is 0 Å². The lowest BCUT2D eigenvalue weighted by Crippen LogP contribution is -2.42. The Morgan fingerprint density at radius 1 is 1.23 bits per heavy atom. The largest absolute Gasteiger partial charge is 0.469 e. The molecule has 0 bridgehead atoms. The molecule has 1 fully saturated rings. The Balaban J connectivity index is 1.99. The molecular weight excluding hydrogens is 282 g/mol. The van der Waals surface area contributed by atoms with E-state index in [9.17, 15) is 9.59 Å². The molecule has 5 heteroatoms. The van der Waals surface area contributed by atoms with Crippen molar-refractivity contribution in [3.8, 4) is 0 Å². The minimum Gasteiger partial charge on any atom is -0.469 e. The van der Waals surface area contributed by atoms with Gasteiger partial charge in [-0.15, -0.1) is 0 Å². The van der Waals surface area contributed by atoms with E-state index in [4.69, 9.17) is 9.47 Å². The second kappa shape index (κ2) is 7.40. The number of rotatable bonds is 7. The molecule has 0 N–H and O–H groups in total. The van der Waals surface area contributed by atoms with Crippen molar-refractivity contribution < 1.29 is 19.1 Å². The normalized spacial score (nSPS) is 21.0. The van der Waals surface area contributed by atoms with Crippen LogP contribution in [-0.4, -0.2) is 50.7 Å². The van der Waals surface area contributed by atoms with Gasteiger partial charge < -0.3 is 14.4 Å². The van der Waals surface area contributed by atoms with Crippen molar-refractivity contribution in [1.29, 1.82) is 0 Å². The Morgan fingerprint density at radius 2 is 1.91 bits per heavy atom. The van der Waals surface area contributed by atoms with Gasteiger partial charge in [-0.05, 0) is 18.4 Å². The molecule has 2 rings (SSSR count). The lowest BCUT2D eigenvalue weighted by atomic mass is 10.0. The molecule has 0 aromatic heterocycles. The van der Waals surface area contributed by atoms with Crippen molar-refractivity contribution in [3.05, 3.63) is 35.9 Å². The molecule has 0 aliphatic heterocycles. The molecule has 1 amide bonds. The van der Waals surface area contributed by atoms with Gasteiger partial charge in [0.25, 0.3) is 0 Å². The first-order chi connectivity index (χ1) is 10.6. The van der Waals surface area contributed by atoms with E-state index >= 15 is 0 Å². The molecule has 1 aliphatic carbocycles. The van der Waals surface area contributed by atoms with E-state index in [1.165, 1.54) is 7.11 Å². The Hall–Kier alpha value is -1.88. The van der Waals surface area contributed by atoms with Gasteiger partial charge in [0.15, 0.2) is 0 Å². The molecule has 22 heavy (non-hydrogen) atoms. The second-order valence-corrected chi connectivity index (χ2v) is 5.72. The van der Waals surface area contributed by atoms with Crippen LogP contribution in [-0.2, 0) is 25.5 Å². The zero-order valence-corrected chi connectivity index (χ0v) is 13.3. The summed E-state index contributed by atoms with van der Waals surface area (Å²) in [4.78, 5) is 25.7. The van der Waals surface area contributed by atoms with E-state index in [1.807, 2.05) is 30.3 Å². The van der Waals surface area contributed by atoms with Crippen molar-refractivity contribution in [2.75, 3.05) is 27.9 Å². The quantitative estimate of drug-likeness (QED) is 0.717. The lowest BCUT2D eigenvalue weighted by molar-refractivity contribution is -0.145. The van der Waals surface area contributed by atoms with Crippen LogP contribution < -0.4 is 0 Å². The van der Waals surface area contributed by atoms with Crippen LogP contribution in [0.2, 0.25) is 0 Å². The van der Waals surface area contributed by atoms with E-state index in [-0.39, 0.29) is 29.8 Å². The summed E-state index contributed by atoms with van der Waals surface area (Å²) in [6.45, 7) is 0.465. The van der Waals surface area contributed by atoms with Gasteiger partial charge in [-0.3, -0.25) is 9.59 Å². The zero-order chi connectivity index (χ0) is 16.1. The van der Waals surface area contributed by atoms with Gasteiger partial charge >= 0.3 is 5.97 Å². The molecule has 1 saturated carbocycles. The van der Waals surface area contributed by atoms with Crippen LogP contribution in [0.15, 0.2) is 30.3 Å². The first kappa shape index (κ1) is 16.5. The van der Waals surface area contributed by atoms with Gasteiger partial charge in [0.1, 0.15) is 0 Å². The number of carbonyl (C=O) groups is 2. The number of benzene rings is 1. The fourth-order valence-electron chi connectivity index (χ4n) is 2.71. The van der Waals surface area contributed by atoms with Crippen LogP contribution in [0.1, 0.15) is 12.0 Å². The molecule has 3 atom stereocenters.